The second-order valence-electron chi connectivity index (χ2n) is 8.29. The van der Waals surface area contributed by atoms with Crippen molar-refractivity contribution in [1.29, 1.82) is 0 Å². The normalized spacial score (nSPS) is 13.9. The zero-order valence-corrected chi connectivity index (χ0v) is 18.1. The highest BCUT2D eigenvalue weighted by molar-refractivity contribution is 7.15. The predicted molar refractivity (Wildman–Crippen MR) is 116 cm³/mol. The number of hydrogen-bond donors (Lipinski definition) is 2. The number of H-pyrrole nitrogens is 1. The standard InChI is InChI=1S/C21H25N5O3S/c1-21(2,3)29-20(28)26-11-10-15-16(12-26)30-19(24-15)25-18(27)9-8-17-22-13-6-4-5-7-14(13)23-17/h4-7H,8-12H2,1-3H3,(H,22,23)(H,24,25,27). The highest BCUT2D eigenvalue weighted by Crippen LogP contribution is 2.29. The van der Waals surface area contributed by atoms with Crippen LogP contribution in [0.25, 0.3) is 11.0 Å². The van der Waals surface area contributed by atoms with Crippen LogP contribution in [0.15, 0.2) is 24.3 Å². The maximum absolute atomic E-state index is 12.4. The minimum Gasteiger partial charge on any atom is -0.444 e. The predicted octanol–water partition coefficient (Wildman–Crippen LogP) is 3.88. The van der Waals surface area contributed by atoms with E-state index in [0.29, 0.717) is 37.5 Å². The summed E-state index contributed by atoms with van der Waals surface area (Å²) in [6.45, 7) is 6.58. The van der Waals surface area contributed by atoms with Gasteiger partial charge in [-0.1, -0.05) is 23.5 Å². The quantitative estimate of drug-likeness (QED) is 0.658. The summed E-state index contributed by atoms with van der Waals surface area (Å²) in [5, 5.41) is 3.45. The molecule has 0 unspecified atom stereocenters. The fourth-order valence-corrected chi connectivity index (χ4v) is 4.31. The number of carbonyl (C=O) groups is 2. The Kier molecular flexibility index (Phi) is 5.46. The van der Waals surface area contributed by atoms with Gasteiger partial charge in [0.25, 0.3) is 0 Å². The average Bonchev–Trinajstić information content (AvgIpc) is 3.27. The van der Waals surface area contributed by atoms with Gasteiger partial charge < -0.3 is 19.9 Å². The molecule has 8 nitrogen and oxygen atoms in total. The van der Waals surface area contributed by atoms with Gasteiger partial charge in [0.1, 0.15) is 11.4 Å². The number of anilines is 1. The minimum absolute atomic E-state index is 0.106. The molecule has 2 aromatic heterocycles. The molecule has 1 aromatic carbocycles. The number of fused-ring (bicyclic) bond motifs is 2. The number of para-hydroxylation sites is 2. The van der Waals surface area contributed by atoms with E-state index in [2.05, 4.69) is 20.3 Å². The first kappa shape index (κ1) is 20.3. The van der Waals surface area contributed by atoms with Crippen molar-refractivity contribution in [2.45, 2.75) is 52.2 Å². The van der Waals surface area contributed by atoms with Crippen LogP contribution in [0.5, 0.6) is 0 Å². The highest BCUT2D eigenvalue weighted by Gasteiger charge is 2.28. The molecule has 1 aliphatic heterocycles. The topological polar surface area (TPSA) is 100 Å². The Morgan fingerprint density at radius 1 is 1.27 bits per heavy atom. The van der Waals surface area contributed by atoms with E-state index in [4.69, 9.17) is 4.74 Å². The number of thiazole rings is 1. The van der Waals surface area contributed by atoms with Gasteiger partial charge in [-0.2, -0.15) is 0 Å². The first-order chi connectivity index (χ1) is 14.3. The summed E-state index contributed by atoms with van der Waals surface area (Å²) in [4.78, 5) is 39.6. The van der Waals surface area contributed by atoms with E-state index in [-0.39, 0.29) is 12.0 Å². The van der Waals surface area contributed by atoms with E-state index in [0.717, 1.165) is 27.4 Å². The maximum Gasteiger partial charge on any atom is 0.410 e. The number of rotatable bonds is 4. The summed E-state index contributed by atoms with van der Waals surface area (Å²) in [7, 11) is 0. The van der Waals surface area contributed by atoms with E-state index in [1.807, 2.05) is 45.0 Å². The number of imidazole rings is 1. The number of hydrogen-bond acceptors (Lipinski definition) is 6. The van der Waals surface area contributed by atoms with Gasteiger partial charge in [0.15, 0.2) is 5.13 Å². The van der Waals surface area contributed by atoms with Crippen LogP contribution in [0.3, 0.4) is 0 Å². The van der Waals surface area contributed by atoms with Crippen molar-refractivity contribution in [3.63, 3.8) is 0 Å². The van der Waals surface area contributed by atoms with Gasteiger partial charge in [0.05, 0.1) is 23.3 Å². The lowest BCUT2D eigenvalue weighted by molar-refractivity contribution is -0.116. The second kappa shape index (κ2) is 8.06. The van der Waals surface area contributed by atoms with Crippen LogP contribution >= 0.6 is 11.3 Å². The van der Waals surface area contributed by atoms with Gasteiger partial charge >= 0.3 is 6.09 Å². The van der Waals surface area contributed by atoms with Gasteiger partial charge in [-0.3, -0.25) is 4.79 Å². The van der Waals surface area contributed by atoms with Gasteiger partial charge in [0.2, 0.25) is 5.91 Å². The Morgan fingerprint density at radius 2 is 2.07 bits per heavy atom. The Balaban J connectivity index is 1.32. The molecule has 0 fully saturated rings. The fourth-order valence-electron chi connectivity index (χ4n) is 3.27. The van der Waals surface area contributed by atoms with Gasteiger partial charge in [0, 0.05) is 30.7 Å². The second-order valence-corrected chi connectivity index (χ2v) is 9.37. The minimum atomic E-state index is -0.524. The number of aryl methyl sites for hydroxylation is 1. The largest absolute Gasteiger partial charge is 0.444 e. The van der Waals surface area contributed by atoms with E-state index < -0.39 is 5.60 Å². The number of aromatic nitrogens is 3. The average molecular weight is 428 g/mol. The maximum atomic E-state index is 12.4. The summed E-state index contributed by atoms with van der Waals surface area (Å²) >= 11 is 1.41. The highest BCUT2D eigenvalue weighted by atomic mass is 32.1. The molecule has 0 bridgehead atoms. The third-order valence-electron chi connectivity index (χ3n) is 4.66. The smallest absolute Gasteiger partial charge is 0.410 e. The van der Waals surface area contributed by atoms with Crippen LogP contribution in [-0.4, -0.2) is 44.0 Å². The van der Waals surface area contributed by atoms with Crippen molar-refractivity contribution in [2.75, 3.05) is 11.9 Å². The number of amides is 2. The summed E-state index contributed by atoms with van der Waals surface area (Å²) in [6, 6.07) is 7.79. The van der Waals surface area contributed by atoms with Crippen molar-refractivity contribution in [2.24, 2.45) is 0 Å². The molecule has 0 atom stereocenters. The number of nitrogens with zero attached hydrogens (tertiary/aromatic N) is 3. The molecular weight excluding hydrogens is 402 g/mol. The van der Waals surface area contributed by atoms with Crippen molar-refractivity contribution in [1.82, 2.24) is 19.9 Å². The van der Waals surface area contributed by atoms with Crippen molar-refractivity contribution < 1.29 is 14.3 Å². The molecule has 3 heterocycles. The van der Waals surface area contributed by atoms with Crippen molar-refractivity contribution in [3.05, 3.63) is 40.7 Å². The Morgan fingerprint density at radius 3 is 2.83 bits per heavy atom. The molecule has 4 rings (SSSR count). The zero-order chi connectivity index (χ0) is 21.3. The molecule has 0 saturated carbocycles. The molecular formula is C21H25N5O3S. The summed E-state index contributed by atoms with van der Waals surface area (Å²) in [5.74, 6) is 0.684. The van der Waals surface area contributed by atoms with Crippen LogP contribution in [0.4, 0.5) is 9.93 Å². The van der Waals surface area contributed by atoms with Gasteiger partial charge in [-0.05, 0) is 32.9 Å². The van der Waals surface area contributed by atoms with E-state index >= 15 is 0 Å². The third-order valence-corrected chi connectivity index (χ3v) is 5.65. The summed E-state index contributed by atoms with van der Waals surface area (Å²) in [5.41, 5.74) is 2.28. The number of carbonyl (C=O) groups excluding carboxylic acids is 2. The Bertz CT molecular complexity index is 1050. The number of ether oxygens (including phenoxy) is 1. The van der Waals surface area contributed by atoms with Crippen LogP contribution in [-0.2, 0) is 28.9 Å². The van der Waals surface area contributed by atoms with Crippen LogP contribution in [0.2, 0.25) is 0 Å². The van der Waals surface area contributed by atoms with Crippen molar-refractivity contribution >= 4 is 39.5 Å². The van der Waals surface area contributed by atoms with Crippen LogP contribution in [0, 0.1) is 0 Å². The zero-order valence-electron chi connectivity index (χ0n) is 17.3. The third kappa shape index (κ3) is 4.79. The van der Waals surface area contributed by atoms with E-state index in [1.54, 1.807) is 4.90 Å². The number of aromatic amines is 1. The molecule has 3 aromatic rings. The fraction of sp³-hybridized carbons (Fsp3) is 0.429. The van der Waals surface area contributed by atoms with E-state index in [1.165, 1.54) is 11.3 Å². The molecule has 0 radical (unpaired) electrons. The molecule has 0 saturated heterocycles. The molecule has 2 amide bonds. The number of benzene rings is 1. The number of nitrogens with one attached hydrogen (secondary N) is 2. The molecule has 158 valence electrons. The molecule has 0 spiro atoms. The van der Waals surface area contributed by atoms with Crippen molar-refractivity contribution in [3.8, 4) is 0 Å². The first-order valence-corrected chi connectivity index (χ1v) is 10.8. The van der Waals surface area contributed by atoms with Crippen LogP contribution < -0.4 is 5.32 Å². The lowest BCUT2D eigenvalue weighted by Crippen LogP contribution is -2.39. The van der Waals surface area contributed by atoms with E-state index in [9.17, 15) is 9.59 Å². The van der Waals surface area contributed by atoms with Crippen LogP contribution in [0.1, 0.15) is 43.6 Å². The summed E-state index contributed by atoms with van der Waals surface area (Å²) < 4.78 is 5.45. The lowest BCUT2D eigenvalue weighted by Gasteiger charge is -2.29. The molecule has 9 heteroatoms. The molecule has 1 aliphatic rings. The first-order valence-electron chi connectivity index (χ1n) is 9.97. The van der Waals surface area contributed by atoms with Gasteiger partial charge in [-0.25, -0.2) is 14.8 Å². The SMILES string of the molecule is CC(C)(C)OC(=O)N1CCc2nc(NC(=O)CCc3nc4ccccc4[nH]3)sc2C1. The summed E-state index contributed by atoms with van der Waals surface area (Å²) in [6.07, 6.45) is 1.17. The molecule has 30 heavy (non-hydrogen) atoms. The lowest BCUT2D eigenvalue weighted by atomic mass is 10.2. The molecule has 2 N–H and O–H groups in total. The Hall–Kier alpha value is -2.94. The monoisotopic (exact) mass is 427 g/mol. The van der Waals surface area contributed by atoms with Gasteiger partial charge in [-0.15, -0.1) is 0 Å². The Labute approximate surface area is 178 Å². The molecule has 0 aliphatic carbocycles.